The van der Waals surface area contributed by atoms with Crippen LogP contribution in [-0.2, 0) is 11.2 Å². The van der Waals surface area contributed by atoms with Crippen molar-refractivity contribution < 1.29 is 14.3 Å². The molecule has 0 saturated carbocycles. The van der Waals surface area contributed by atoms with E-state index in [-0.39, 0.29) is 17.9 Å². The number of fused-ring (bicyclic) bond motifs is 1. The molecule has 2 aromatic rings. The minimum absolute atomic E-state index is 0.0238. The van der Waals surface area contributed by atoms with Gasteiger partial charge in [-0.25, -0.2) is 0 Å². The highest BCUT2D eigenvalue weighted by Gasteiger charge is 2.25. The number of ether oxygens (including phenoxy) is 1. The van der Waals surface area contributed by atoms with Crippen LogP contribution in [0.1, 0.15) is 40.5 Å². The summed E-state index contributed by atoms with van der Waals surface area (Å²) < 4.78 is 5.19. The molecule has 0 spiro atoms. The van der Waals surface area contributed by atoms with Crippen molar-refractivity contribution >= 4 is 11.8 Å². The summed E-state index contributed by atoms with van der Waals surface area (Å²) in [4.78, 5) is 27.2. The molecule has 6 nitrogen and oxygen atoms in total. The summed E-state index contributed by atoms with van der Waals surface area (Å²) in [5.74, 6) is 0.644. The van der Waals surface area contributed by atoms with E-state index in [9.17, 15) is 9.59 Å². The van der Waals surface area contributed by atoms with Gasteiger partial charge in [-0.1, -0.05) is 12.1 Å². The number of benzene rings is 1. The fourth-order valence-corrected chi connectivity index (χ4v) is 2.94. The number of hydrogen-bond acceptors (Lipinski definition) is 3. The number of H-pyrrole nitrogens is 1. The number of aromatic nitrogens is 1. The van der Waals surface area contributed by atoms with E-state index in [2.05, 4.69) is 15.6 Å². The van der Waals surface area contributed by atoms with Crippen LogP contribution in [0.4, 0.5) is 0 Å². The molecule has 0 saturated heterocycles. The number of aryl methyl sites for hydroxylation is 1. The first kappa shape index (κ1) is 16.1. The van der Waals surface area contributed by atoms with Crippen molar-refractivity contribution in [3.05, 3.63) is 53.3 Å². The lowest BCUT2D eigenvalue weighted by Gasteiger charge is -2.16. The summed E-state index contributed by atoms with van der Waals surface area (Å²) in [6.45, 7) is 0.544. The predicted molar refractivity (Wildman–Crippen MR) is 89.9 cm³/mol. The van der Waals surface area contributed by atoms with Gasteiger partial charge in [0.2, 0.25) is 5.91 Å². The number of methoxy groups -OCH3 is 1. The average Bonchev–Trinajstić information content (AvgIpc) is 3.04. The summed E-state index contributed by atoms with van der Waals surface area (Å²) in [6, 6.07) is 9.42. The number of carbonyl (C=O) groups is 2. The third kappa shape index (κ3) is 3.59. The lowest BCUT2D eigenvalue weighted by atomic mass is 10.0. The van der Waals surface area contributed by atoms with Crippen molar-refractivity contribution in [2.24, 2.45) is 0 Å². The number of amides is 2. The highest BCUT2D eigenvalue weighted by molar-refractivity contribution is 5.94. The number of nitrogens with one attached hydrogen (secondary N) is 3. The minimum Gasteiger partial charge on any atom is -0.497 e. The Morgan fingerprint density at radius 3 is 3.08 bits per heavy atom. The maximum atomic E-state index is 12.3. The Balaban J connectivity index is 1.61. The van der Waals surface area contributed by atoms with Gasteiger partial charge in [-0.2, -0.15) is 0 Å². The molecule has 126 valence electrons. The molecule has 3 rings (SSSR count). The molecule has 2 amide bonds. The third-order valence-corrected chi connectivity index (χ3v) is 4.21. The first-order valence-electron chi connectivity index (χ1n) is 8.05. The summed E-state index contributed by atoms with van der Waals surface area (Å²) in [5.41, 5.74) is 2.44. The number of carbonyl (C=O) groups excluding carboxylic acids is 2. The van der Waals surface area contributed by atoms with Gasteiger partial charge in [-0.05, 0) is 36.6 Å². The van der Waals surface area contributed by atoms with Crippen molar-refractivity contribution in [3.8, 4) is 5.75 Å². The van der Waals surface area contributed by atoms with Crippen LogP contribution in [0.5, 0.6) is 5.75 Å². The molecular formula is C18H21N3O3. The molecule has 0 bridgehead atoms. The van der Waals surface area contributed by atoms with Gasteiger partial charge in [0, 0.05) is 24.7 Å². The predicted octanol–water partition coefficient (Wildman–Crippen LogP) is 1.95. The highest BCUT2D eigenvalue weighted by Crippen LogP contribution is 2.23. The quantitative estimate of drug-likeness (QED) is 0.785. The van der Waals surface area contributed by atoms with Crippen LogP contribution in [0.3, 0.4) is 0 Å². The van der Waals surface area contributed by atoms with Gasteiger partial charge in [0.1, 0.15) is 11.4 Å². The van der Waals surface area contributed by atoms with Crippen molar-refractivity contribution in [1.29, 1.82) is 0 Å². The van der Waals surface area contributed by atoms with Crippen LogP contribution in [0.15, 0.2) is 36.5 Å². The molecule has 6 heteroatoms. The van der Waals surface area contributed by atoms with Crippen LogP contribution in [0, 0.1) is 0 Å². The molecular weight excluding hydrogens is 306 g/mol. The van der Waals surface area contributed by atoms with Gasteiger partial charge in [0.25, 0.3) is 5.91 Å². The number of rotatable bonds is 5. The zero-order valence-electron chi connectivity index (χ0n) is 13.6. The SMILES string of the molecule is COc1cccc(CCC(=O)NC2CCNC(=O)c3[nH]ccc32)c1. The first-order valence-corrected chi connectivity index (χ1v) is 8.05. The molecule has 1 aromatic heterocycles. The van der Waals surface area contributed by atoms with Crippen LogP contribution in [0.2, 0.25) is 0 Å². The fraction of sp³-hybridized carbons (Fsp3) is 0.333. The molecule has 1 aromatic carbocycles. The smallest absolute Gasteiger partial charge is 0.268 e. The van der Waals surface area contributed by atoms with E-state index in [0.29, 0.717) is 31.5 Å². The van der Waals surface area contributed by atoms with Gasteiger partial charge in [0.15, 0.2) is 0 Å². The van der Waals surface area contributed by atoms with Gasteiger partial charge >= 0.3 is 0 Å². The zero-order chi connectivity index (χ0) is 16.9. The standard InChI is InChI=1S/C18H21N3O3/c1-24-13-4-2-3-12(11-13)5-6-16(22)21-15-8-10-20-18(23)17-14(15)7-9-19-17/h2-4,7,9,11,15,19H,5-6,8,10H2,1H3,(H,20,23)(H,21,22). The molecule has 24 heavy (non-hydrogen) atoms. The van der Waals surface area contributed by atoms with Crippen molar-refractivity contribution in [1.82, 2.24) is 15.6 Å². The average molecular weight is 327 g/mol. The van der Waals surface area contributed by atoms with E-state index in [1.807, 2.05) is 30.3 Å². The summed E-state index contributed by atoms with van der Waals surface area (Å²) >= 11 is 0. The van der Waals surface area contributed by atoms with E-state index in [1.165, 1.54) is 0 Å². The van der Waals surface area contributed by atoms with Gasteiger partial charge in [-0.15, -0.1) is 0 Å². The van der Waals surface area contributed by atoms with E-state index in [4.69, 9.17) is 4.74 Å². The number of hydrogen-bond donors (Lipinski definition) is 3. The molecule has 1 unspecified atom stereocenters. The monoisotopic (exact) mass is 327 g/mol. The normalized spacial score (nSPS) is 16.7. The molecule has 0 fully saturated rings. The molecule has 1 aliphatic heterocycles. The van der Waals surface area contributed by atoms with E-state index >= 15 is 0 Å². The van der Waals surface area contributed by atoms with Crippen LogP contribution >= 0.6 is 0 Å². The number of aromatic amines is 1. The van der Waals surface area contributed by atoms with Gasteiger partial charge < -0.3 is 20.4 Å². The second-order valence-corrected chi connectivity index (χ2v) is 5.82. The van der Waals surface area contributed by atoms with Crippen LogP contribution < -0.4 is 15.4 Å². The Bertz CT molecular complexity index is 739. The van der Waals surface area contributed by atoms with E-state index in [0.717, 1.165) is 16.9 Å². The maximum absolute atomic E-state index is 12.3. The summed E-state index contributed by atoms with van der Waals surface area (Å²) in [5, 5.41) is 5.86. The first-order chi connectivity index (χ1) is 11.7. The van der Waals surface area contributed by atoms with E-state index in [1.54, 1.807) is 13.3 Å². The molecule has 1 aliphatic rings. The summed E-state index contributed by atoms with van der Waals surface area (Å²) in [6.07, 6.45) is 3.45. The van der Waals surface area contributed by atoms with Crippen molar-refractivity contribution in [2.45, 2.75) is 25.3 Å². The molecule has 0 aliphatic carbocycles. The Morgan fingerprint density at radius 2 is 2.25 bits per heavy atom. The molecule has 2 heterocycles. The Hall–Kier alpha value is -2.76. The molecule has 3 N–H and O–H groups in total. The lowest BCUT2D eigenvalue weighted by molar-refractivity contribution is -0.121. The topological polar surface area (TPSA) is 83.2 Å². The van der Waals surface area contributed by atoms with E-state index < -0.39 is 0 Å². The minimum atomic E-state index is -0.150. The Kier molecular flexibility index (Phi) is 4.84. The second-order valence-electron chi connectivity index (χ2n) is 5.82. The molecule has 1 atom stereocenters. The van der Waals surface area contributed by atoms with Crippen molar-refractivity contribution in [3.63, 3.8) is 0 Å². The third-order valence-electron chi connectivity index (χ3n) is 4.21. The molecule has 0 radical (unpaired) electrons. The second kappa shape index (κ2) is 7.21. The van der Waals surface area contributed by atoms with Crippen molar-refractivity contribution in [2.75, 3.05) is 13.7 Å². The van der Waals surface area contributed by atoms with Gasteiger partial charge in [-0.3, -0.25) is 9.59 Å². The lowest BCUT2D eigenvalue weighted by Crippen LogP contribution is -2.29. The Labute approximate surface area is 140 Å². The largest absolute Gasteiger partial charge is 0.497 e. The van der Waals surface area contributed by atoms with Crippen LogP contribution in [0.25, 0.3) is 0 Å². The zero-order valence-corrected chi connectivity index (χ0v) is 13.6. The Morgan fingerprint density at radius 1 is 1.38 bits per heavy atom. The highest BCUT2D eigenvalue weighted by atomic mass is 16.5. The maximum Gasteiger partial charge on any atom is 0.268 e. The van der Waals surface area contributed by atoms with Crippen LogP contribution in [-0.4, -0.2) is 30.5 Å². The summed E-state index contributed by atoms with van der Waals surface area (Å²) in [7, 11) is 1.63. The van der Waals surface area contributed by atoms with Gasteiger partial charge in [0.05, 0.1) is 13.2 Å². The fourth-order valence-electron chi connectivity index (χ4n) is 2.94.